The summed E-state index contributed by atoms with van der Waals surface area (Å²) in [5.74, 6) is -2.08. The van der Waals surface area contributed by atoms with Gasteiger partial charge in [-0.15, -0.1) is 0 Å². The monoisotopic (exact) mass is 457 g/mol. The van der Waals surface area contributed by atoms with Crippen molar-refractivity contribution >= 4 is 34.8 Å². The summed E-state index contributed by atoms with van der Waals surface area (Å²) in [6, 6.07) is 16.4. The van der Waals surface area contributed by atoms with Crippen LogP contribution in [0.5, 0.6) is 0 Å². The third-order valence-corrected chi connectivity index (χ3v) is 4.40. The lowest BCUT2D eigenvalue weighted by atomic mass is 10.1. The number of esters is 1. The van der Waals surface area contributed by atoms with E-state index in [1.165, 1.54) is 48.5 Å². The Hall–Kier alpha value is -4.34. The summed E-state index contributed by atoms with van der Waals surface area (Å²) in [6.07, 6.45) is -4.51. The average Bonchev–Trinajstić information content (AvgIpc) is 2.78. The summed E-state index contributed by atoms with van der Waals surface area (Å²) in [7, 11) is 0. The molecule has 3 aromatic rings. The highest BCUT2D eigenvalue weighted by Gasteiger charge is 2.30. The summed E-state index contributed by atoms with van der Waals surface area (Å²) in [5.41, 5.74) is 5.32. The molecule has 0 radical (unpaired) electrons. The maximum Gasteiger partial charge on any atom is 0.416 e. The van der Waals surface area contributed by atoms with Gasteiger partial charge in [0.25, 0.3) is 5.91 Å². The molecule has 0 aromatic heterocycles. The summed E-state index contributed by atoms with van der Waals surface area (Å²) in [4.78, 5) is 35.6. The minimum absolute atomic E-state index is 0.0357. The molecule has 0 fully saturated rings. The Balaban J connectivity index is 1.64. The highest BCUT2D eigenvalue weighted by molar-refractivity contribution is 5.99. The molecule has 2 amide bonds. The van der Waals surface area contributed by atoms with E-state index >= 15 is 0 Å². The molecule has 0 aliphatic carbocycles. The summed E-state index contributed by atoms with van der Waals surface area (Å²) >= 11 is 0. The fourth-order valence-corrected chi connectivity index (χ4v) is 2.82. The van der Waals surface area contributed by atoms with Crippen molar-refractivity contribution < 1.29 is 32.3 Å². The third kappa shape index (κ3) is 6.33. The number of hydrogen-bond donors (Lipinski definition) is 3. The smallest absolute Gasteiger partial charge is 0.416 e. The molecule has 0 bridgehead atoms. The number of rotatable bonds is 7. The second-order valence-electron chi connectivity index (χ2n) is 6.82. The number of anilines is 3. The van der Waals surface area contributed by atoms with Gasteiger partial charge in [0.1, 0.15) is 0 Å². The average molecular weight is 457 g/mol. The van der Waals surface area contributed by atoms with Crippen molar-refractivity contribution in [3.05, 3.63) is 89.5 Å². The first kappa shape index (κ1) is 23.3. The molecule has 0 unspecified atom stereocenters. The Bertz CT molecular complexity index is 1180. The van der Waals surface area contributed by atoms with Crippen molar-refractivity contribution in [2.75, 3.05) is 17.2 Å². The number of halogens is 3. The van der Waals surface area contributed by atoms with Crippen LogP contribution in [-0.2, 0) is 15.7 Å². The van der Waals surface area contributed by atoms with Crippen LogP contribution in [-0.4, -0.2) is 24.4 Å². The number of benzene rings is 3. The number of ether oxygens (including phenoxy) is 1. The Kier molecular flexibility index (Phi) is 6.97. The van der Waals surface area contributed by atoms with Crippen LogP contribution in [0.15, 0.2) is 72.8 Å². The van der Waals surface area contributed by atoms with Gasteiger partial charge in [-0.3, -0.25) is 9.59 Å². The molecule has 3 rings (SSSR count). The third-order valence-electron chi connectivity index (χ3n) is 4.40. The van der Waals surface area contributed by atoms with Gasteiger partial charge in [-0.1, -0.05) is 18.2 Å². The van der Waals surface area contributed by atoms with Gasteiger partial charge in [0, 0.05) is 16.9 Å². The van der Waals surface area contributed by atoms with Crippen LogP contribution >= 0.6 is 0 Å². The standard InChI is InChI=1S/C23H18F3N3O4/c24-23(25,26)15-4-3-5-17(12-15)28-19-7-2-1-6-18(19)22(32)33-13-20(30)29-16-10-8-14(9-11-16)21(27)31/h1-12,28H,13H2,(H2,27,31)(H,29,30). The van der Waals surface area contributed by atoms with E-state index in [2.05, 4.69) is 10.6 Å². The minimum Gasteiger partial charge on any atom is -0.452 e. The lowest BCUT2D eigenvalue weighted by Gasteiger charge is -2.13. The van der Waals surface area contributed by atoms with E-state index in [1.54, 1.807) is 12.1 Å². The van der Waals surface area contributed by atoms with Crippen molar-refractivity contribution in [3.63, 3.8) is 0 Å². The number of hydrogen-bond acceptors (Lipinski definition) is 5. The number of nitrogens with two attached hydrogens (primary N) is 1. The van der Waals surface area contributed by atoms with Crippen LogP contribution in [0.3, 0.4) is 0 Å². The van der Waals surface area contributed by atoms with Crippen LogP contribution in [0, 0.1) is 0 Å². The van der Waals surface area contributed by atoms with Crippen LogP contribution in [0.1, 0.15) is 26.3 Å². The van der Waals surface area contributed by atoms with Gasteiger partial charge >= 0.3 is 12.1 Å². The van der Waals surface area contributed by atoms with Gasteiger partial charge in [-0.25, -0.2) is 4.79 Å². The molecule has 7 nitrogen and oxygen atoms in total. The van der Waals surface area contributed by atoms with Crippen molar-refractivity contribution in [2.45, 2.75) is 6.18 Å². The molecule has 3 aromatic carbocycles. The Labute approximate surface area is 186 Å². The first-order valence-electron chi connectivity index (χ1n) is 9.53. The zero-order chi connectivity index (χ0) is 24.0. The lowest BCUT2D eigenvalue weighted by Crippen LogP contribution is -2.21. The second kappa shape index (κ2) is 9.86. The minimum atomic E-state index is -4.51. The van der Waals surface area contributed by atoms with Gasteiger partial charge in [0.15, 0.2) is 6.61 Å². The van der Waals surface area contributed by atoms with E-state index in [0.717, 1.165) is 12.1 Å². The van der Waals surface area contributed by atoms with E-state index in [4.69, 9.17) is 10.5 Å². The van der Waals surface area contributed by atoms with E-state index in [9.17, 15) is 27.6 Å². The molecule has 0 saturated heterocycles. The van der Waals surface area contributed by atoms with Crippen LogP contribution in [0.25, 0.3) is 0 Å². The highest BCUT2D eigenvalue weighted by Crippen LogP contribution is 2.32. The number of carbonyl (C=O) groups is 3. The largest absolute Gasteiger partial charge is 0.452 e. The molecule has 0 aliphatic rings. The number of amides is 2. The van der Waals surface area contributed by atoms with Crippen molar-refractivity contribution in [1.82, 2.24) is 0 Å². The predicted molar refractivity (Wildman–Crippen MR) is 115 cm³/mol. The molecule has 33 heavy (non-hydrogen) atoms. The summed E-state index contributed by atoms with van der Waals surface area (Å²) < 4.78 is 43.9. The van der Waals surface area contributed by atoms with Crippen molar-refractivity contribution in [3.8, 4) is 0 Å². The first-order chi connectivity index (χ1) is 15.6. The molecule has 0 atom stereocenters. The fourth-order valence-electron chi connectivity index (χ4n) is 2.82. The van der Waals surface area contributed by atoms with Gasteiger partial charge in [0.2, 0.25) is 5.91 Å². The maximum atomic E-state index is 12.9. The molecule has 0 saturated carbocycles. The number of alkyl halides is 3. The number of nitrogens with one attached hydrogen (secondary N) is 2. The Morgan fingerprint density at radius 2 is 1.58 bits per heavy atom. The maximum absolute atomic E-state index is 12.9. The highest BCUT2D eigenvalue weighted by atomic mass is 19.4. The molecule has 170 valence electrons. The molecule has 0 aliphatic heterocycles. The molecular formula is C23H18F3N3O4. The van der Waals surface area contributed by atoms with Gasteiger partial charge in [-0.05, 0) is 54.6 Å². The molecule has 10 heteroatoms. The predicted octanol–water partition coefficient (Wildman–Crippen LogP) is 4.34. The van der Waals surface area contributed by atoms with E-state index in [-0.39, 0.29) is 22.5 Å². The van der Waals surface area contributed by atoms with Crippen molar-refractivity contribution in [1.29, 1.82) is 0 Å². The molecule has 4 N–H and O–H groups in total. The van der Waals surface area contributed by atoms with Crippen LogP contribution in [0.4, 0.5) is 30.2 Å². The normalized spacial score (nSPS) is 10.9. The van der Waals surface area contributed by atoms with E-state index in [1.807, 2.05) is 0 Å². The number of para-hydroxylation sites is 1. The molecular weight excluding hydrogens is 439 g/mol. The number of carbonyl (C=O) groups excluding carboxylic acids is 3. The second-order valence-corrected chi connectivity index (χ2v) is 6.82. The summed E-state index contributed by atoms with van der Waals surface area (Å²) in [5, 5.41) is 5.27. The van der Waals surface area contributed by atoms with E-state index < -0.39 is 36.1 Å². The zero-order valence-corrected chi connectivity index (χ0v) is 17.0. The first-order valence-corrected chi connectivity index (χ1v) is 9.53. The Morgan fingerprint density at radius 1 is 0.879 bits per heavy atom. The van der Waals surface area contributed by atoms with Gasteiger partial charge < -0.3 is 21.1 Å². The molecule has 0 heterocycles. The number of primary amides is 1. The fraction of sp³-hybridized carbons (Fsp3) is 0.0870. The zero-order valence-electron chi connectivity index (χ0n) is 17.0. The topological polar surface area (TPSA) is 111 Å². The lowest BCUT2D eigenvalue weighted by molar-refractivity contribution is -0.137. The van der Waals surface area contributed by atoms with Crippen LogP contribution in [0.2, 0.25) is 0 Å². The quantitative estimate of drug-likeness (QED) is 0.457. The van der Waals surface area contributed by atoms with Gasteiger partial charge in [-0.2, -0.15) is 13.2 Å². The van der Waals surface area contributed by atoms with E-state index in [0.29, 0.717) is 5.69 Å². The van der Waals surface area contributed by atoms with Gasteiger partial charge in [0.05, 0.1) is 16.8 Å². The summed E-state index contributed by atoms with van der Waals surface area (Å²) in [6.45, 7) is -0.603. The van der Waals surface area contributed by atoms with Crippen molar-refractivity contribution in [2.24, 2.45) is 5.73 Å². The Morgan fingerprint density at radius 3 is 2.24 bits per heavy atom. The molecule has 0 spiro atoms. The SMILES string of the molecule is NC(=O)c1ccc(NC(=O)COC(=O)c2ccccc2Nc2cccc(C(F)(F)F)c2)cc1. The van der Waals surface area contributed by atoms with Crippen LogP contribution < -0.4 is 16.4 Å².